The monoisotopic (exact) mass is 333 g/mol. The molecule has 1 atom stereocenters. The molecule has 6 nitrogen and oxygen atoms in total. The average molecular weight is 333 g/mol. The van der Waals surface area contributed by atoms with E-state index in [1.807, 2.05) is 13.8 Å². The number of hydrogen-bond acceptors (Lipinski definition) is 5. The van der Waals surface area contributed by atoms with Crippen molar-refractivity contribution < 1.29 is 24.5 Å². The second-order valence-corrected chi connectivity index (χ2v) is 5.95. The highest BCUT2D eigenvalue weighted by molar-refractivity contribution is 6.08. The largest absolute Gasteiger partial charge is 0.508 e. The number of phenolic OH excluding ortho intramolecular Hbond substituents is 1. The molecular formula is C18H23NO5. The lowest BCUT2D eigenvalue weighted by molar-refractivity contribution is -0.130. The number of aliphatic hydroxyl groups excluding tert-OH is 1. The maximum absolute atomic E-state index is 12.4. The Labute approximate surface area is 141 Å². The van der Waals surface area contributed by atoms with Crippen LogP contribution in [-0.2, 0) is 14.3 Å². The van der Waals surface area contributed by atoms with Crippen molar-refractivity contribution in [1.82, 2.24) is 4.90 Å². The number of nitrogens with zero attached hydrogens (tertiary/aromatic N) is 1. The summed E-state index contributed by atoms with van der Waals surface area (Å²) in [6, 6.07) is 5.65. The molecule has 2 rings (SSSR count). The molecule has 0 aliphatic carbocycles. The Bertz CT molecular complexity index is 665. The zero-order chi connectivity index (χ0) is 17.9. The Kier molecular flexibility index (Phi) is 5.62. The lowest BCUT2D eigenvalue weighted by Crippen LogP contribution is -2.34. The van der Waals surface area contributed by atoms with Gasteiger partial charge in [0.05, 0.1) is 24.3 Å². The third-order valence-corrected chi connectivity index (χ3v) is 3.89. The highest BCUT2D eigenvalue weighted by Gasteiger charge is 2.42. The quantitative estimate of drug-likeness (QED) is 0.800. The molecule has 0 fully saturated rings. The summed E-state index contributed by atoms with van der Waals surface area (Å²) in [6.45, 7) is 5.99. The predicted molar refractivity (Wildman–Crippen MR) is 88.6 cm³/mol. The summed E-state index contributed by atoms with van der Waals surface area (Å²) in [6.07, 6.45) is 0.193. The Morgan fingerprint density at radius 1 is 1.33 bits per heavy atom. The molecule has 1 aliphatic rings. The van der Waals surface area contributed by atoms with E-state index in [0.29, 0.717) is 12.2 Å². The van der Waals surface area contributed by atoms with Crippen molar-refractivity contribution in [1.29, 1.82) is 0 Å². The number of hydrogen-bond donors (Lipinski definition) is 2. The zero-order valence-corrected chi connectivity index (χ0v) is 14.2. The number of aromatic hydroxyl groups is 1. The van der Waals surface area contributed by atoms with Gasteiger partial charge in [-0.05, 0) is 31.5 Å². The van der Waals surface area contributed by atoms with Crippen LogP contribution >= 0.6 is 0 Å². The van der Waals surface area contributed by atoms with Crippen molar-refractivity contribution in [2.75, 3.05) is 13.2 Å². The van der Waals surface area contributed by atoms with Crippen molar-refractivity contribution >= 4 is 11.7 Å². The number of ether oxygens (including phenoxy) is 1. The summed E-state index contributed by atoms with van der Waals surface area (Å²) >= 11 is 0. The third kappa shape index (κ3) is 3.59. The molecule has 130 valence electrons. The van der Waals surface area contributed by atoms with E-state index in [1.165, 1.54) is 17.0 Å². The number of phenols is 1. The van der Waals surface area contributed by atoms with E-state index in [9.17, 15) is 19.8 Å². The van der Waals surface area contributed by atoms with Gasteiger partial charge < -0.3 is 19.8 Å². The lowest BCUT2D eigenvalue weighted by atomic mass is 9.95. The van der Waals surface area contributed by atoms with E-state index in [1.54, 1.807) is 19.1 Å². The topological polar surface area (TPSA) is 87.1 Å². The van der Waals surface area contributed by atoms with Gasteiger partial charge in [-0.1, -0.05) is 19.1 Å². The van der Waals surface area contributed by atoms with Gasteiger partial charge in [0.15, 0.2) is 11.5 Å². The van der Waals surface area contributed by atoms with Crippen molar-refractivity contribution in [2.24, 2.45) is 0 Å². The predicted octanol–water partition coefficient (Wildman–Crippen LogP) is 2.49. The number of carbonyl (C=O) groups excluding carboxylic acids is 2. The number of aliphatic hydroxyl groups is 1. The van der Waals surface area contributed by atoms with Gasteiger partial charge in [0.1, 0.15) is 5.75 Å². The van der Waals surface area contributed by atoms with E-state index in [0.717, 1.165) is 0 Å². The number of carbonyl (C=O) groups is 2. The molecule has 2 N–H and O–H groups in total. The fraction of sp³-hybridized carbons (Fsp3) is 0.444. The van der Waals surface area contributed by atoms with Crippen molar-refractivity contribution in [3.8, 4) is 5.75 Å². The summed E-state index contributed by atoms with van der Waals surface area (Å²) in [5, 5.41) is 19.9. The molecule has 1 amide bonds. The van der Waals surface area contributed by atoms with Crippen LogP contribution in [0.1, 0.15) is 38.8 Å². The molecule has 1 unspecified atom stereocenters. The Hall–Kier alpha value is -2.34. The molecule has 0 bridgehead atoms. The SMILES string of the molecule is CCC(=O)C1=C(O)C(=O)N(CCOC(C)C)C1c1cccc(O)c1. The molecule has 1 aromatic rings. The number of benzene rings is 1. The van der Waals surface area contributed by atoms with Crippen LogP contribution in [0.4, 0.5) is 0 Å². The van der Waals surface area contributed by atoms with Crippen LogP contribution < -0.4 is 0 Å². The smallest absolute Gasteiger partial charge is 0.290 e. The number of Topliss-reactive ketones (excluding diaryl/α,β-unsaturated/α-hetero) is 1. The Morgan fingerprint density at radius 2 is 2.04 bits per heavy atom. The first-order valence-electron chi connectivity index (χ1n) is 8.04. The summed E-state index contributed by atoms with van der Waals surface area (Å²) in [5.41, 5.74) is 0.659. The van der Waals surface area contributed by atoms with E-state index >= 15 is 0 Å². The van der Waals surface area contributed by atoms with Crippen molar-refractivity contribution in [2.45, 2.75) is 39.3 Å². The summed E-state index contributed by atoms with van der Waals surface area (Å²) in [5.74, 6) is -1.36. The van der Waals surface area contributed by atoms with Gasteiger partial charge in [0, 0.05) is 13.0 Å². The molecule has 0 spiro atoms. The van der Waals surface area contributed by atoms with Gasteiger partial charge in [-0.25, -0.2) is 0 Å². The van der Waals surface area contributed by atoms with Crippen molar-refractivity contribution in [3.63, 3.8) is 0 Å². The Morgan fingerprint density at radius 3 is 2.62 bits per heavy atom. The van der Waals surface area contributed by atoms with Crippen LogP contribution in [0, 0.1) is 0 Å². The van der Waals surface area contributed by atoms with Crippen LogP contribution in [0.2, 0.25) is 0 Å². The molecule has 0 saturated heterocycles. The standard InChI is InChI=1S/C18H23NO5/c1-4-14(21)15-16(12-6-5-7-13(20)10-12)19(18(23)17(15)22)8-9-24-11(2)3/h5-7,10-11,16,20,22H,4,8-9H2,1-3H3. The summed E-state index contributed by atoms with van der Waals surface area (Å²) in [4.78, 5) is 26.1. The van der Waals surface area contributed by atoms with Gasteiger partial charge in [0.2, 0.25) is 0 Å². The minimum Gasteiger partial charge on any atom is -0.508 e. The average Bonchev–Trinajstić information content (AvgIpc) is 2.78. The van der Waals surface area contributed by atoms with Crippen LogP contribution in [0.5, 0.6) is 5.75 Å². The second-order valence-electron chi connectivity index (χ2n) is 5.95. The normalized spacial score (nSPS) is 17.9. The zero-order valence-electron chi connectivity index (χ0n) is 14.2. The van der Waals surface area contributed by atoms with Gasteiger partial charge in [-0.3, -0.25) is 9.59 Å². The van der Waals surface area contributed by atoms with Gasteiger partial charge >= 0.3 is 0 Å². The lowest BCUT2D eigenvalue weighted by Gasteiger charge is -2.27. The molecule has 1 aliphatic heterocycles. The van der Waals surface area contributed by atoms with E-state index in [2.05, 4.69) is 0 Å². The van der Waals surface area contributed by atoms with Gasteiger partial charge in [-0.2, -0.15) is 0 Å². The van der Waals surface area contributed by atoms with Crippen LogP contribution in [0.3, 0.4) is 0 Å². The first-order valence-corrected chi connectivity index (χ1v) is 8.04. The molecular weight excluding hydrogens is 310 g/mol. The molecule has 1 aromatic carbocycles. The van der Waals surface area contributed by atoms with E-state index < -0.39 is 17.7 Å². The minimum absolute atomic E-state index is 0.0141. The molecule has 0 aromatic heterocycles. The highest BCUT2D eigenvalue weighted by atomic mass is 16.5. The number of ketones is 1. The molecule has 0 radical (unpaired) electrons. The molecule has 0 saturated carbocycles. The number of rotatable bonds is 7. The van der Waals surface area contributed by atoms with E-state index in [4.69, 9.17) is 4.74 Å². The maximum Gasteiger partial charge on any atom is 0.290 e. The Balaban J connectivity index is 2.39. The van der Waals surface area contributed by atoms with Crippen molar-refractivity contribution in [3.05, 3.63) is 41.2 Å². The van der Waals surface area contributed by atoms with Crippen LogP contribution in [0.25, 0.3) is 0 Å². The third-order valence-electron chi connectivity index (χ3n) is 3.89. The van der Waals surface area contributed by atoms with Crippen LogP contribution in [-0.4, -0.2) is 46.1 Å². The first kappa shape index (κ1) is 18.0. The first-order chi connectivity index (χ1) is 11.4. The minimum atomic E-state index is -0.715. The second kappa shape index (κ2) is 7.49. The van der Waals surface area contributed by atoms with E-state index in [-0.39, 0.29) is 36.2 Å². The molecule has 24 heavy (non-hydrogen) atoms. The summed E-state index contributed by atoms with van der Waals surface area (Å²) in [7, 11) is 0. The van der Waals surface area contributed by atoms with Gasteiger partial charge in [-0.15, -0.1) is 0 Å². The molecule has 1 heterocycles. The maximum atomic E-state index is 12.4. The van der Waals surface area contributed by atoms with Crippen LogP contribution in [0.15, 0.2) is 35.6 Å². The summed E-state index contributed by atoms with van der Waals surface area (Å²) < 4.78 is 5.49. The number of amides is 1. The molecule has 6 heteroatoms. The fourth-order valence-corrected chi connectivity index (χ4v) is 2.79. The fourth-order valence-electron chi connectivity index (χ4n) is 2.79. The highest BCUT2D eigenvalue weighted by Crippen LogP contribution is 2.38. The van der Waals surface area contributed by atoms with Gasteiger partial charge in [0.25, 0.3) is 5.91 Å².